The molecule has 2 N–H and O–H groups in total. The molecule has 1 heterocycles. The molecule has 0 bridgehead atoms. The Morgan fingerprint density at radius 2 is 1.83 bits per heavy atom. The molecule has 10 heteroatoms. The number of esters is 1. The van der Waals surface area contributed by atoms with Crippen LogP contribution in [0.4, 0.5) is 5.69 Å². The summed E-state index contributed by atoms with van der Waals surface area (Å²) in [6, 6.07) is 13.0. The van der Waals surface area contributed by atoms with Crippen LogP contribution in [0.2, 0.25) is 10.0 Å². The van der Waals surface area contributed by atoms with Crippen LogP contribution in [0.1, 0.15) is 16.8 Å². The predicted molar refractivity (Wildman–Crippen MR) is 110 cm³/mol. The minimum atomic E-state index is -0.736. The third-order valence-electron chi connectivity index (χ3n) is 4.36. The van der Waals surface area contributed by atoms with Gasteiger partial charge in [0.25, 0.3) is 11.8 Å². The number of benzene rings is 2. The summed E-state index contributed by atoms with van der Waals surface area (Å²) >= 11 is 11.8. The molecule has 0 aliphatic carbocycles. The van der Waals surface area contributed by atoms with Gasteiger partial charge in [-0.1, -0.05) is 41.4 Å². The van der Waals surface area contributed by atoms with Crippen LogP contribution in [0.25, 0.3) is 0 Å². The van der Waals surface area contributed by atoms with Crippen LogP contribution < -0.4 is 15.8 Å². The highest BCUT2D eigenvalue weighted by Gasteiger charge is 2.36. The average Bonchev–Trinajstić information content (AvgIpc) is 3.12. The Balaban J connectivity index is 1.46. The Hall–Kier alpha value is -3.10. The van der Waals surface area contributed by atoms with Gasteiger partial charge in [0, 0.05) is 23.7 Å². The summed E-state index contributed by atoms with van der Waals surface area (Å²) in [5.74, 6) is -2.98. The molecule has 0 aromatic heterocycles. The molecule has 3 rings (SSSR count). The predicted octanol–water partition coefficient (Wildman–Crippen LogP) is 2.35. The number of carbonyl (C=O) groups excluding carboxylic acids is 4. The van der Waals surface area contributed by atoms with Crippen molar-refractivity contribution in [2.24, 2.45) is 5.92 Å². The average molecular weight is 450 g/mol. The molecular weight excluding hydrogens is 433 g/mol. The summed E-state index contributed by atoms with van der Waals surface area (Å²) < 4.78 is 4.97. The molecule has 1 aliphatic heterocycles. The number of anilines is 1. The largest absolute Gasteiger partial charge is 0.455 e. The van der Waals surface area contributed by atoms with Crippen LogP contribution in [0, 0.1) is 5.92 Å². The maximum Gasteiger partial charge on any atom is 0.311 e. The van der Waals surface area contributed by atoms with Crippen molar-refractivity contribution < 1.29 is 23.9 Å². The highest BCUT2D eigenvalue weighted by molar-refractivity contribution is 6.33. The van der Waals surface area contributed by atoms with Gasteiger partial charge in [-0.05, 0) is 30.3 Å². The van der Waals surface area contributed by atoms with Crippen molar-refractivity contribution in [1.29, 1.82) is 0 Å². The molecule has 1 saturated heterocycles. The molecule has 156 valence electrons. The number of halogens is 2. The molecular formula is C20H17Cl2N3O5. The van der Waals surface area contributed by atoms with Gasteiger partial charge in [-0.15, -0.1) is 0 Å². The molecule has 0 radical (unpaired) electrons. The zero-order chi connectivity index (χ0) is 21.7. The fourth-order valence-corrected chi connectivity index (χ4v) is 3.29. The molecule has 1 aliphatic rings. The minimum absolute atomic E-state index is 0.0315. The van der Waals surface area contributed by atoms with Crippen molar-refractivity contribution in [3.63, 3.8) is 0 Å². The number of nitrogens with zero attached hydrogens (tertiary/aromatic N) is 1. The highest BCUT2D eigenvalue weighted by Crippen LogP contribution is 2.27. The third kappa shape index (κ3) is 5.28. The number of hydrogen-bond donors (Lipinski definition) is 2. The number of carbonyl (C=O) groups is 4. The summed E-state index contributed by atoms with van der Waals surface area (Å²) in [7, 11) is 0. The van der Waals surface area contributed by atoms with E-state index in [-0.39, 0.29) is 29.5 Å². The van der Waals surface area contributed by atoms with Crippen LogP contribution >= 0.6 is 23.2 Å². The van der Waals surface area contributed by atoms with Gasteiger partial charge >= 0.3 is 5.97 Å². The van der Waals surface area contributed by atoms with Gasteiger partial charge in [-0.25, -0.2) is 0 Å². The number of ether oxygens (including phenoxy) is 1. The van der Waals surface area contributed by atoms with E-state index in [0.717, 1.165) is 0 Å². The molecule has 8 nitrogen and oxygen atoms in total. The molecule has 0 unspecified atom stereocenters. The van der Waals surface area contributed by atoms with Crippen LogP contribution in [0.15, 0.2) is 48.5 Å². The minimum Gasteiger partial charge on any atom is -0.455 e. The van der Waals surface area contributed by atoms with Gasteiger partial charge in [0.1, 0.15) is 0 Å². The van der Waals surface area contributed by atoms with E-state index in [9.17, 15) is 19.2 Å². The Labute approximate surface area is 182 Å². The molecule has 30 heavy (non-hydrogen) atoms. The molecule has 3 amide bonds. The molecule has 1 atom stereocenters. The first-order valence-corrected chi connectivity index (χ1v) is 9.67. The maximum atomic E-state index is 12.2. The van der Waals surface area contributed by atoms with E-state index in [1.807, 2.05) is 0 Å². The second-order valence-electron chi connectivity index (χ2n) is 6.48. The lowest BCUT2D eigenvalue weighted by Gasteiger charge is -2.16. The number of hydrogen-bond acceptors (Lipinski definition) is 5. The number of nitrogens with one attached hydrogen (secondary N) is 2. The summed E-state index contributed by atoms with van der Waals surface area (Å²) in [6.07, 6.45) is -0.0315. The van der Waals surface area contributed by atoms with Gasteiger partial charge in [-0.3, -0.25) is 30.0 Å². The third-order valence-corrected chi connectivity index (χ3v) is 4.92. The topological polar surface area (TPSA) is 105 Å². The Morgan fingerprint density at radius 1 is 1.07 bits per heavy atom. The smallest absolute Gasteiger partial charge is 0.311 e. The first kappa shape index (κ1) is 21.6. The molecule has 1 fully saturated rings. The van der Waals surface area contributed by atoms with Gasteiger partial charge in [0.15, 0.2) is 6.61 Å². The number of hydrazine groups is 1. The van der Waals surface area contributed by atoms with E-state index >= 15 is 0 Å². The zero-order valence-electron chi connectivity index (χ0n) is 15.6. The van der Waals surface area contributed by atoms with Crippen molar-refractivity contribution in [2.45, 2.75) is 6.42 Å². The first-order valence-electron chi connectivity index (χ1n) is 8.91. The fourth-order valence-electron chi connectivity index (χ4n) is 2.89. The number of amides is 3. The first-order chi connectivity index (χ1) is 14.3. The van der Waals surface area contributed by atoms with Gasteiger partial charge < -0.3 is 9.64 Å². The number of rotatable bonds is 5. The zero-order valence-corrected chi connectivity index (χ0v) is 17.1. The Morgan fingerprint density at radius 3 is 2.57 bits per heavy atom. The lowest BCUT2D eigenvalue weighted by atomic mass is 10.1. The maximum absolute atomic E-state index is 12.2. The molecule has 2 aromatic rings. The molecule has 2 aromatic carbocycles. The van der Waals surface area contributed by atoms with Crippen molar-refractivity contribution in [1.82, 2.24) is 10.9 Å². The second kappa shape index (κ2) is 9.60. The Kier molecular flexibility index (Phi) is 6.91. The SMILES string of the molecule is O=C(COC(=O)[C@H]1CC(=O)N(c2cccc(Cl)c2)C1)NNC(=O)c1ccccc1Cl. The Bertz CT molecular complexity index is 998. The van der Waals surface area contributed by atoms with Gasteiger partial charge in [0.2, 0.25) is 5.91 Å². The summed E-state index contributed by atoms with van der Waals surface area (Å²) in [6.45, 7) is -0.480. The van der Waals surface area contributed by atoms with Crippen molar-refractivity contribution >= 4 is 52.6 Å². The van der Waals surface area contributed by atoms with E-state index < -0.39 is 30.3 Å². The van der Waals surface area contributed by atoms with Crippen molar-refractivity contribution in [3.05, 3.63) is 64.1 Å². The lowest BCUT2D eigenvalue weighted by Crippen LogP contribution is -2.44. The monoisotopic (exact) mass is 449 g/mol. The van der Waals surface area contributed by atoms with Gasteiger partial charge in [0.05, 0.1) is 16.5 Å². The summed E-state index contributed by atoms with van der Waals surface area (Å²) in [4.78, 5) is 49.7. The second-order valence-corrected chi connectivity index (χ2v) is 7.32. The van der Waals surface area contributed by atoms with Crippen molar-refractivity contribution in [2.75, 3.05) is 18.1 Å². The van der Waals surface area contributed by atoms with E-state index in [1.165, 1.54) is 17.0 Å². The summed E-state index contributed by atoms with van der Waals surface area (Å²) in [5.41, 5.74) is 5.09. The van der Waals surface area contributed by atoms with Crippen LogP contribution in [-0.4, -0.2) is 36.8 Å². The van der Waals surface area contributed by atoms with E-state index in [1.54, 1.807) is 36.4 Å². The summed E-state index contributed by atoms with van der Waals surface area (Å²) in [5, 5.41) is 0.702. The van der Waals surface area contributed by atoms with Crippen LogP contribution in [0.5, 0.6) is 0 Å². The van der Waals surface area contributed by atoms with E-state index in [2.05, 4.69) is 10.9 Å². The quantitative estimate of drug-likeness (QED) is 0.538. The normalized spacial score (nSPS) is 15.6. The van der Waals surface area contributed by atoms with E-state index in [4.69, 9.17) is 27.9 Å². The lowest BCUT2D eigenvalue weighted by molar-refractivity contribution is -0.152. The molecule has 0 spiro atoms. The van der Waals surface area contributed by atoms with Crippen LogP contribution in [-0.2, 0) is 19.1 Å². The van der Waals surface area contributed by atoms with Crippen LogP contribution in [0.3, 0.4) is 0 Å². The standard InChI is InChI=1S/C20H17Cl2N3O5/c21-13-4-3-5-14(9-13)25-10-12(8-18(25)27)20(29)30-11-17(26)23-24-19(28)15-6-1-2-7-16(15)22/h1-7,9,12H,8,10-11H2,(H,23,26)(H,24,28)/t12-/m0/s1. The molecule has 0 saturated carbocycles. The van der Waals surface area contributed by atoms with Gasteiger partial charge in [-0.2, -0.15) is 0 Å². The van der Waals surface area contributed by atoms with E-state index in [0.29, 0.717) is 10.7 Å². The highest BCUT2D eigenvalue weighted by atomic mass is 35.5. The fraction of sp³-hybridized carbons (Fsp3) is 0.200. The van der Waals surface area contributed by atoms with Crippen molar-refractivity contribution in [3.8, 4) is 0 Å².